The summed E-state index contributed by atoms with van der Waals surface area (Å²) >= 11 is 0. The van der Waals surface area contributed by atoms with E-state index in [0.717, 1.165) is 46.6 Å². The predicted octanol–water partition coefficient (Wildman–Crippen LogP) is 4.23. The SMILES string of the molecule is Cc1cc(C)c(CNC(=O)c2cccc(-c3cn4cc(C(=O)NC5CCC5)ccc4n3)c2)cn1. The molecule has 0 spiro atoms. The summed E-state index contributed by atoms with van der Waals surface area (Å²) in [5.41, 5.74) is 6.55. The molecule has 172 valence electrons. The number of aromatic nitrogens is 3. The molecule has 1 aliphatic rings. The van der Waals surface area contributed by atoms with Crippen LogP contribution in [-0.2, 0) is 6.54 Å². The van der Waals surface area contributed by atoms with Gasteiger partial charge in [0.2, 0.25) is 0 Å². The summed E-state index contributed by atoms with van der Waals surface area (Å²) in [6.45, 7) is 4.38. The van der Waals surface area contributed by atoms with Crippen LogP contribution in [0.4, 0.5) is 0 Å². The lowest BCUT2D eigenvalue weighted by atomic mass is 9.93. The van der Waals surface area contributed by atoms with E-state index in [2.05, 4.69) is 20.6 Å². The van der Waals surface area contributed by atoms with E-state index in [4.69, 9.17) is 0 Å². The Kier molecular flexibility index (Phi) is 5.84. The molecular weight excluding hydrogens is 426 g/mol. The molecule has 0 aliphatic heterocycles. The first-order valence-electron chi connectivity index (χ1n) is 11.6. The molecule has 1 aromatic carbocycles. The minimum atomic E-state index is -0.152. The van der Waals surface area contributed by atoms with Crippen molar-refractivity contribution in [2.24, 2.45) is 0 Å². The first kappa shape index (κ1) is 21.8. The fraction of sp³-hybridized carbons (Fsp3) is 0.259. The number of nitrogens with one attached hydrogen (secondary N) is 2. The van der Waals surface area contributed by atoms with Gasteiger partial charge in [-0.05, 0) is 74.6 Å². The molecule has 1 aliphatic carbocycles. The van der Waals surface area contributed by atoms with Gasteiger partial charge in [0.25, 0.3) is 11.8 Å². The normalized spacial score (nSPS) is 13.5. The third-order valence-electron chi connectivity index (χ3n) is 6.37. The van der Waals surface area contributed by atoms with Gasteiger partial charge in [-0.3, -0.25) is 14.6 Å². The Morgan fingerprint density at radius 1 is 1.03 bits per heavy atom. The average molecular weight is 454 g/mol. The van der Waals surface area contributed by atoms with Crippen LogP contribution in [0, 0.1) is 13.8 Å². The number of carbonyl (C=O) groups is 2. The third-order valence-corrected chi connectivity index (χ3v) is 6.37. The highest BCUT2D eigenvalue weighted by molar-refractivity contribution is 5.95. The van der Waals surface area contributed by atoms with Crippen LogP contribution in [0.1, 0.15) is 56.8 Å². The first-order valence-corrected chi connectivity index (χ1v) is 11.6. The Morgan fingerprint density at radius 3 is 2.65 bits per heavy atom. The van der Waals surface area contributed by atoms with Crippen LogP contribution in [0.2, 0.25) is 0 Å². The number of amides is 2. The van der Waals surface area contributed by atoms with Crippen LogP contribution >= 0.6 is 0 Å². The van der Waals surface area contributed by atoms with Crippen LogP contribution in [0.25, 0.3) is 16.9 Å². The van der Waals surface area contributed by atoms with Crippen molar-refractivity contribution in [1.29, 1.82) is 0 Å². The summed E-state index contributed by atoms with van der Waals surface area (Å²) in [5, 5.41) is 6.04. The largest absolute Gasteiger partial charge is 0.349 e. The molecule has 34 heavy (non-hydrogen) atoms. The quantitative estimate of drug-likeness (QED) is 0.457. The fourth-order valence-corrected chi connectivity index (χ4v) is 4.09. The van der Waals surface area contributed by atoms with Gasteiger partial charge < -0.3 is 15.0 Å². The Morgan fingerprint density at radius 2 is 1.88 bits per heavy atom. The van der Waals surface area contributed by atoms with Crippen LogP contribution < -0.4 is 10.6 Å². The van der Waals surface area contributed by atoms with Gasteiger partial charge in [-0.1, -0.05) is 12.1 Å². The van der Waals surface area contributed by atoms with E-state index in [1.807, 2.05) is 54.8 Å². The molecule has 3 heterocycles. The van der Waals surface area contributed by atoms with E-state index in [9.17, 15) is 9.59 Å². The van der Waals surface area contributed by atoms with Crippen molar-refractivity contribution in [1.82, 2.24) is 25.0 Å². The summed E-state index contributed by atoms with van der Waals surface area (Å²) in [5.74, 6) is -0.208. The van der Waals surface area contributed by atoms with E-state index in [0.29, 0.717) is 23.7 Å². The standard InChI is InChI=1S/C27H27N5O2/c1-17-11-18(2)28-13-22(17)14-29-26(33)20-6-3-5-19(12-20)24-16-32-15-21(9-10-25(32)31-24)27(34)30-23-7-4-8-23/h3,5-6,9-13,15-16,23H,4,7-8,14H2,1-2H3,(H,29,33)(H,30,34). The number of hydrogen-bond donors (Lipinski definition) is 2. The maximum Gasteiger partial charge on any atom is 0.252 e. The number of carbonyl (C=O) groups excluding carboxylic acids is 2. The second kappa shape index (κ2) is 9.09. The lowest BCUT2D eigenvalue weighted by Gasteiger charge is -2.26. The number of rotatable bonds is 6. The third kappa shape index (κ3) is 4.55. The number of pyridine rings is 2. The summed E-state index contributed by atoms with van der Waals surface area (Å²) in [4.78, 5) is 34.3. The molecule has 0 bridgehead atoms. The second-order valence-corrected chi connectivity index (χ2v) is 8.93. The number of nitrogens with zero attached hydrogens (tertiary/aromatic N) is 3. The average Bonchev–Trinajstić information content (AvgIpc) is 3.24. The molecule has 0 saturated heterocycles. The van der Waals surface area contributed by atoms with Crippen LogP contribution in [0.3, 0.4) is 0 Å². The highest BCUT2D eigenvalue weighted by atomic mass is 16.2. The van der Waals surface area contributed by atoms with Gasteiger partial charge in [-0.15, -0.1) is 0 Å². The van der Waals surface area contributed by atoms with Gasteiger partial charge in [-0.2, -0.15) is 0 Å². The molecule has 0 atom stereocenters. The molecule has 5 rings (SSSR count). The van der Waals surface area contributed by atoms with Gasteiger partial charge in [0, 0.05) is 48.0 Å². The zero-order valence-electron chi connectivity index (χ0n) is 19.3. The molecular formula is C27H27N5O2. The number of fused-ring (bicyclic) bond motifs is 1. The van der Waals surface area contributed by atoms with Crippen molar-refractivity contribution in [3.63, 3.8) is 0 Å². The first-order chi connectivity index (χ1) is 16.5. The maximum atomic E-state index is 12.8. The minimum Gasteiger partial charge on any atom is -0.349 e. The lowest BCUT2D eigenvalue weighted by Crippen LogP contribution is -2.39. The summed E-state index contributed by atoms with van der Waals surface area (Å²) < 4.78 is 1.85. The Labute approximate surface area is 198 Å². The van der Waals surface area contributed by atoms with E-state index in [1.165, 1.54) is 6.42 Å². The van der Waals surface area contributed by atoms with E-state index >= 15 is 0 Å². The van der Waals surface area contributed by atoms with Gasteiger partial charge in [0.1, 0.15) is 5.65 Å². The molecule has 4 aromatic rings. The van der Waals surface area contributed by atoms with Crippen LogP contribution in [0.5, 0.6) is 0 Å². The van der Waals surface area contributed by atoms with Crippen molar-refractivity contribution < 1.29 is 9.59 Å². The zero-order valence-corrected chi connectivity index (χ0v) is 19.3. The van der Waals surface area contributed by atoms with Gasteiger partial charge in [0.15, 0.2) is 0 Å². The van der Waals surface area contributed by atoms with Gasteiger partial charge >= 0.3 is 0 Å². The molecule has 0 unspecified atom stereocenters. The van der Waals surface area contributed by atoms with Crippen LogP contribution in [0.15, 0.2) is 61.1 Å². The highest BCUT2D eigenvalue weighted by Gasteiger charge is 2.20. The molecule has 2 N–H and O–H groups in total. The number of imidazole rings is 1. The van der Waals surface area contributed by atoms with Crippen molar-refractivity contribution >= 4 is 17.5 Å². The smallest absolute Gasteiger partial charge is 0.252 e. The highest BCUT2D eigenvalue weighted by Crippen LogP contribution is 2.22. The van der Waals surface area contributed by atoms with Gasteiger partial charge in [-0.25, -0.2) is 4.98 Å². The van der Waals surface area contributed by atoms with Crippen LogP contribution in [-0.4, -0.2) is 32.2 Å². The van der Waals surface area contributed by atoms with Crippen molar-refractivity contribution in [3.8, 4) is 11.3 Å². The molecule has 3 aromatic heterocycles. The Hall–Kier alpha value is -4.00. The van der Waals surface area contributed by atoms with E-state index in [-0.39, 0.29) is 11.8 Å². The van der Waals surface area contributed by atoms with E-state index in [1.54, 1.807) is 24.5 Å². The molecule has 2 amide bonds. The van der Waals surface area contributed by atoms with Crippen molar-refractivity contribution in [2.75, 3.05) is 0 Å². The fourth-order valence-electron chi connectivity index (χ4n) is 4.09. The Balaban J connectivity index is 1.32. The molecule has 0 radical (unpaired) electrons. The number of aryl methyl sites for hydroxylation is 2. The molecule has 1 fully saturated rings. The van der Waals surface area contributed by atoms with Crippen molar-refractivity contribution in [3.05, 3.63) is 89.0 Å². The summed E-state index contributed by atoms with van der Waals surface area (Å²) in [6, 6.07) is 13.3. The maximum absolute atomic E-state index is 12.8. The number of hydrogen-bond acceptors (Lipinski definition) is 4. The van der Waals surface area contributed by atoms with Gasteiger partial charge in [0.05, 0.1) is 11.3 Å². The minimum absolute atomic E-state index is 0.0560. The monoisotopic (exact) mass is 453 g/mol. The Bertz CT molecular complexity index is 1390. The lowest BCUT2D eigenvalue weighted by molar-refractivity contribution is 0.0914. The molecule has 1 saturated carbocycles. The second-order valence-electron chi connectivity index (χ2n) is 8.93. The van der Waals surface area contributed by atoms with Crippen molar-refractivity contribution in [2.45, 2.75) is 45.7 Å². The number of benzene rings is 1. The summed E-state index contributed by atoms with van der Waals surface area (Å²) in [6.07, 6.45) is 8.76. The van der Waals surface area contributed by atoms with E-state index < -0.39 is 0 Å². The molecule has 7 nitrogen and oxygen atoms in total. The summed E-state index contributed by atoms with van der Waals surface area (Å²) in [7, 11) is 0. The topological polar surface area (TPSA) is 88.4 Å². The zero-order chi connectivity index (χ0) is 23.7. The predicted molar refractivity (Wildman–Crippen MR) is 131 cm³/mol. The molecule has 7 heteroatoms.